The lowest BCUT2D eigenvalue weighted by atomic mass is 10.1. The van der Waals surface area contributed by atoms with Crippen molar-refractivity contribution < 1.29 is 14.3 Å². The van der Waals surface area contributed by atoms with Gasteiger partial charge in [-0.2, -0.15) is 0 Å². The lowest BCUT2D eigenvalue weighted by Crippen LogP contribution is -2.46. The van der Waals surface area contributed by atoms with E-state index >= 15 is 0 Å². The molecule has 0 aliphatic rings. The van der Waals surface area contributed by atoms with E-state index < -0.39 is 0 Å². The number of anilines is 1. The van der Waals surface area contributed by atoms with Crippen molar-refractivity contribution in [1.29, 1.82) is 0 Å². The molecule has 0 unspecified atom stereocenters. The second-order valence-electron chi connectivity index (χ2n) is 6.97. The first-order valence-electron chi connectivity index (χ1n) is 8.65. The molecule has 0 bridgehead atoms. The number of aryl methyl sites for hydroxylation is 1. The van der Waals surface area contributed by atoms with E-state index in [0.29, 0.717) is 28.7 Å². The fourth-order valence-corrected chi connectivity index (χ4v) is 3.69. The number of amides is 1. The zero-order chi connectivity index (χ0) is 19.5. The standard InChI is InChI=1S/C18H26N4O3S/c1-7-22(9-12(23)21-18(4,5)6)15-13-11(3)14(17(24)25-8-2)26-16(13)20-10-19-15/h10H,7-9H2,1-6H3,(H,21,23). The second kappa shape index (κ2) is 7.99. The highest BCUT2D eigenvalue weighted by Gasteiger charge is 2.24. The van der Waals surface area contributed by atoms with Crippen molar-refractivity contribution in [2.75, 3.05) is 24.6 Å². The number of rotatable bonds is 6. The van der Waals surface area contributed by atoms with Crippen LogP contribution in [0.15, 0.2) is 6.33 Å². The average molecular weight is 378 g/mol. The number of likely N-dealkylation sites (N-methyl/N-ethyl adjacent to an activating group) is 1. The van der Waals surface area contributed by atoms with E-state index in [1.165, 1.54) is 17.7 Å². The number of nitrogens with zero attached hydrogens (tertiary/aromatic N) is 3. The summed E-state index contributed by atoms with van der Waals surface area (Å²) in [4.78, 5) is 36.4. The number of aromatic nitrogens is 2. The molecule has 142 valence electrons. The maximum atomic E-state index is 12.4. The molecule has 2 rings (SSSR count). The molecule has 0 saturated heterocycles. The normalized spacial score (nSPS) is 11.5. The number of hydrogen-bond acceptors (Lipinski definition) is 7. The first-order chi connectivity index (χ1) is 12.2. The minimum absolute atomic E-state index is 0.0791. The molecule has 2 aromatic rings. The topological polar surface area (TPSA) is 84.4 Å². The highest BCUT2D eigenvalue weighted by atomic mass is 32.1. The number of ether oxygens (including phenoxy) is 1. The van der Waals surface area contributed by atoms with Crippen molar-refractivity contribution >= 4 is 39.2 Å². The summed E-state index contributed by atoms with van der Waals surface area (Å²) in [6, 6.07) is 0. The van der Waals surface area contributed by atoms with Crippen LogP contribution in [0.4, 0.5) is 5.82 Å². The van der Waals surface area contributed by atoms with Crippen molar-refractivity contribution in [2.45, 2.75) is 47.1 Å². The molecule has 2 heterocycles. The van der Waals surface area contributed by atoms with Crippen LogP contribution in [0.3, 0.4) is 0 Å². The Morgan fingerprint density at radius 2 is 1.96 bits per heavy atom. The van der Waals surface area contributed by atoms with Gasteiger partial charge in [-0.3, -0.25) is 4.79 Å². The van der Waals surface area contributed by atoms with Crippen molar-refractivity contribution in [3.8, 4) is 0 Å². The molecule has 1 amide bonds. The summed E-state index contributed by atoms with van der Waals surface area (Å²) in [5, 5.41) is 3.76. The molecule has 0 aliphatic heterocycles. The van der Waals surface area contributed by atoms with E-state index in [2.05, 4.69) is 15.3 Å². The number of nitrogens with one attached hydrogen (secondary N) is 1. The fraction of sp³-hybridized carbons (Fsp3) is 0.556. The minimum atomic E-state index is -0.354. The number of carbonyl (C=O) groups is 2. The van der Waals surface area contributed by atoms with E-state index in [1.807, 2.05) is 39.5 Å². The highest BCUT2D eigenvalue weighted by Crippen LogP contribution is 2.35. The summed E-state index contributed by atoms with van der Waals surface area (Å²) >= 11 is 1.29. The molecular formula is C18H26N4O3S. The zero-order valence-corrected chi connectivity index (χ0v) is 17.0. The van der Waals surface area contributed by atoms with Crippen LogP contribution < -0.4 is 10.2 Å². The van der Waals surface area contributed by atoms with Crippen molar-refractivity contribution in [3.63, 3.8) is 0 Å². The molecule has 0 aliphatic carbocycles. The van der Waals surface area contributed by atoms with Gasteiger partial charge in [-0.25, -0.2) is 14.8 Å². The first-order valence-corrected chi connectivity index (χ1v) is 9.46. The van der Waals surface area contributed by atoms with Crippen LogP contribution in [0.25, 0.3) is 10.2 Å². The molecule has 0 fully saturated rings. The van der Waals surface area contributed by atoms with Crippen LogP contribution in [0.1, 0.15) is 49.9 Å². The van der Waals surface area contributed by atoms with Gasteiger partial charge in [0.15, 0.2) is 0 Å². The second-order valence-corrected chi connectivity index (χ2v) is 7.97. The number of thiophene rings is 1. The van der Waals surface area contributed by atoms with Gasteiger partial charge >= 0.3 is 5.97 Å². The summed E-state index contributed by atoms with van der Waals surface area (Å²) in [6.07, 6.45) is 1.47. The van der Waals surface area contributed by atoms with Gasteiger partial charge in [0.1, 0.15) is 21.9 Å². The summed E-state index contributed by atoms with van der Waals surface area (Å²) in [5.41, 5.74) is 0.487. The predicted octanol–water partition coefficient (Wildman–Crippen LogP) is 2.92. The Balaban J connectivity index is 2.41. The summed E-state index contributed by atoms with van der Waals surface area (Å²) < 4.78 is 5.13. The van der Waals surface area contributed by atoms with E-state index in [1.54, 1.807) is 6.92 Å². The molecule has 0 aromatic carbocycles. The maximum absolute atomic E-state index is 12.4. The van der Waals surface area contributed by atoms with Crippen LogP contribution >= 0.6 is 11.3 Å². The average Bonchev–Trinajstić information content (AvgIpc) is 2.88. The van der Waals surface area contributed by atoms with Crippen LogP contribution in [0.5, 0.6) is 0 Å². The SMILES string of the molecule is CCOC(=O)c1sc2ncnc(N(CC)CC(=O)NC(C)(C)C)c2c1C. The third-order valence-electron chi connectivity index (χ3n) is 3.70. The Kier molecular flexibility index (Phi) is 6.17. The Morgan fingerprint density at radius 1 is 1.27 bits per heavy atom. The Morgan fingerprint density at radius 3 is 2.54 bits per heavy atom. The third-order valence-corrected chi connectivity index (χ3v) is 4.88. The summed E-state index contributed by atoms with van der Waals surface area (Å²) in [6.45, 7) is 12.5. The van der Waals surface area contributed by atoms with Gasteiger partial charge in [0.05, 0.1) is 18.5 Å². The van der Waals surface area contributed by atoms with Gasteiger partial charge in [-0.1, -0.05) is 0 Å². The van der Waals surface area contributed by atoms with Gasteiger partial charge in [-0.15, -0.1) is 11.3 Å². The Bertz CT molecular complexity index is 811. The first kappa shape index (κ1) is 20.1. The lowest BCUT2D eigenvalue weighted by molar-refractivity contribution is -0.121. The maximum Gasteiger partial charge on any atom is 0.348 e. The lowest BCUT2D eigenvalue weighted by Gasteiger charge is -2.26. The molecule has 8 heteroatoms. The monoisotopic (exact) mass is 378 g/mol. The van der Waals surface area contributed by atoms with Gasteiger partial charge in [0, 0.05) is 12.1 Å². The summed E-state index contributed by atoms with van der Waals surface area (Å²) in [5.74, 6) is 0.225. The van der Waals surface area contributed by atoms with E-state index in [-0.39, 0.29) is 24.0 Å². The minimum Gasteiger partial charge on any atom is -0.462 e. The number of fused-ring (bicyclic) bond motifs is 1. The van der Waals surface area contributed by atoms with E-state index in [9.17, 15) is 9.59 Å². The molecule has 7 nitrogen and oxygen atoms in total. The van der Waals surface area contributed by atoms with E-state index in [4.69, 9.17) is 4.74 Å². The molecule has 1 N–H and O–H groups in total. The Labute approximate surface area is 157 Å². The smallest absolute Gasteiger partial charge is 0.348 e. The third kappa shape index (κ3) is 4.49. The number of hydrogen-bond donors (Lipinski definition) is 1. The number of esters is 1. The molecule has 2 aromatic heterocycles. The Hall–Kier alpha value is -2.22. The van der Waals surface area contributed by atoms with Crippen molar-refractivity contribution in [2.24, 2.45) is 0 Å². The van der Waals surface area contributed by atoms with Gasteiger partial charge < -0.3 is 15.0 Å². The van der Waals surface area contributed by atoms with Crippen molar-refractivity contribution in [1.82, 2.24) is 15.3 Å². The van der Waals surface area contributed by atoms with Gasteiger partial charge in [0.25, 0.3) is 0 Å². The van der Waals surface area contributed by atoms with Crippen molar-refractivity contribution in [3.05, 3.63) is 16.8 Å². The van der Waals surface area contributed by atoms with Crippen LogP contribution in [-0.2, 0) is 9.53 Å². The zero-order valence-electron chi connectivity index (χ0n) is 16.2. The summed E-state index contributed by atoms with van der Waals surface area (Å²) in [7, 11) is 0. The molecule has 0 radical (unpaired) electrons. The quantitative estimate of drug-likeness (QED) is 0.778. The number of carbonyl (C=O) groups excluding carboxylic acids is 2. The molecule has 0 atom stereocenters. The predicted molar refractivity (Wildman–Crippen MR) is 104 cm³/mol. The molecular weight excluding hydrogens is 352 g/mol. The fourth-order valence-electron chi connectivity index (χ4n) is 2.65. The molecule has 26 heavy (non-hydrogen) atoms. The van der Waals surface area contributed by atoms with Crippen LogP contribution in [0, 0.1) is 6.92 Å². The van der Waals surface area contributed by atoms with E-state index in [0.717, 1.165) is 10.9 Å². The van der Waals surface area contributed by atoms with Gasteiger partial charge in [0.2, 0.25) is 5.91 Å². The molecule has 0 saturated carbocycles. The molecule has 0 spiro atoms. The van der Waals surface area contributed by atoms with Crippen LogP contribution in [0.2, 0.25) is 0 Å². The van der Waals surface area contributed by atoms with Gasteiger partial charge in [-0.05, 0) is 47.1 Å². The largest absolute Gasteiger partial charge is 0.462 e. The van der Waals surface area contributed by atoms with Crippen LogP contribution in [-0.4, -0.2) is 47.1 Å². The highest BCUT2D eigenvalue weighted by molar-refractivity contribution is 7.20.